The first kappa shape index (κ1) is 19.0. The van der Waals surface area contributed by atoms with E-state index in [1.807, 2.05) is 37.4 Å². The summed E-state index contributed by atoms with van der Waals surface area (Å²) < 4.78 is 29.1. The molecule has 0 aliphatic heterocycles. The van der Waals surface area contributed by atoms with Crippen molar-refractivity contribution in [2.24, 2.45) is 13.0 Å². The second-order valence-corrected chi connectivity index (χ2v) is 10.1. The highest BCUT2D eigenvalue weighted by Crippen LogP contribution is 2.36. The predicted octanol–water partition coefficient (Wildman–Crippen LogP) is 3.91. The maximum Gasteiger partial charge on any atom is 0.253 e. The topological polar surface area (TPSA) is 61.1 Å². The van der Waals surface area contributed by atoms with Crippen LogP contribution in [-0.4, -0.2) is 23.3 Å². The number of aromatic nitrogens is 2. The summed E-state index contributed by atoms with van der Waals surface area (Å²) in [6.07, 6.45) is 5.49. The lowest BCUT2D eigenvalue weighted by molar-refractivity contribution is 0.598. The highest BCUT2D eigenvalue weighted by Gasteiger charge is 2.24. The van der Waals surface area contributed by atoms with Gasteiger partial charge in [0.25, 0.3) is 5.56 Å². The molecule has 0 atom stereocenters. The zero-order chi connectivity index (χ0) is 20.1. The van der Waals surface area contributed by atoms with Crippen LogP contribution >= 0.6 is 0 Å². The van der Waals surface area contributed by atoms with E-state index in [-0.39, 0.29) is 11.3 Å². The summed E-state index contributed by atoms with van der Waals surface area (Å²) in [5, 5.41) is 0.765. The van der Waals surface area contributed by atoms with E-state index in [1.54, 1.807) is 24.6 Å². The number of fused-ring (bicyclic) bond motifs is 1. The molecule has 1 saturated carbocycles. The van der Waals surface area contributed by atoms with Gasteiger partial charge in [-0.1, -0.05) is 25.8 Å². The Hall–Kier alpha value is -2.34. The first-order chi connectivity index (χ1) is 13.3. The third kappa shape index (κ3) is 3.30. The minimum absolute atomic E-state index is 0.0151. The van der Waals surface area contributed by atoms with E-state index >= 15 is 0 Å². The summed E-state index contributed by atoms with van der Waals surface area (Å²) in [6.45, 7) is 4.34. The molecule has 28 heavy (non-hydrogen) atoms. The molecule has 6 heteroatoms. The zero-order valence-electron chi connectivity index (χ0n) is 16.6. The number of pyridine rings is 1. The first-order valence-electron chi connectivity index (χ1n) is 9.84. The lowest BCUT2D eigenvalue weighted by Crippen LogP contribution is -2.18. The number of aryl methyl sites for hydroxylation is 3. The van der Waals surface area contributed by atoms with Crippen LogP contribution in [0.5, 0.6) is 0 Å². The molecule has 1 fully saturated rings. The molecule has 0 unspecified atom stereocenters. The summed E-state index contributed by atoms with van der Waals surface area (Å²) in [5.41, 5.74) is 3.51. The number of benzene rings is 1. The summed E-state index contributed by atoms with van der Waals surface area (Å²) >= 11 is 0. The standard InChI is InChI=1S/C22H26N2O3S/c1-4-28(26,27)21-7-5-6-19-18(21)13-20(24(19)11-10-16-8-9-16)17-12-15(2)22(25)23(3)14-17/h5-7,12-14,16H,4,8-11H2,1-3H3. The fraction of sp³-hybridized carbons (Fsp3) is 0.409. The summed E-state index contributed by atoms with van der Waals surface area (Å²) in [7, 11) is -1.57. The number of nitrogens with zero attached hydrogens (tertiary/aromatic N) is 2. The van der Waals surface area contributed by atoms with E-state index in [0.29, 0.717) is 10.5 Å². The molecule has 0 radical (unpaired) electrons. The molecule has 3 aromatic rings. The number of rotatable bonds is 6. The number of hydrogen-bond donors (Lipinski definition) is 0. The quantitative estimate of drug-likeness (QED) is 0.632. The largest absolute Gasteiger partial charge is 0.340 e. The minimum Gasteiger partial charge on any atom is -0.340 e. The van der Waals surface area contributed by atoms with Gasteiger partial charge in [0, 0.05) is 41.8 Å². The molecule has 0 saturated heterocycles. The Kier molecular flexibility index (Phi) is 4.70. The number of hydrogen-bond acceptors (Lipinski definition) is 3. The molecule has 0 spiro atoms. The second kappa shape index (κ2) is 6.92. The van der Waals surface area contributed by atoms with Gasteiger partial charge in [0.15, 0.2) is 9.84 Å². The van der Waals surface area contributed by atoms with Gasteiger partial charge in [-0.05, 0) is 43.5 Å². The molecule has 2 heterocycles. The van der Waals surface area contributed by atoms with Crippen LogP contribution in [0.15, 0.2) is 46.2 Å². The molecule has 0 amide bonds. The normalized spacial score (nSPS) is 14.7. The Morgan fingerprint density at radius 1 is 1.18 bits per heavy atom. The molecule has 5 nitrogen and oxygen atoms in total. The van der Waals surface area contributed by atoms with Crippen molar-refractivity contribution in [1.82, 2.24) is 9.13 Å². The van der Waals surface area contributed by atoms with Crippen molar-refractivity contribution in [3.8, 4) is 11.3 Å². The molecule has 2 aromatic heterocycles. The van der Waals surface area contributed by atoms with Crippen LogP contribution in [0, 0.1) is 12.8 Å². The van der Waals surface area contributed by atoms with Crippen molar-refractivity contribution in [2.45, 2.75) is 44.6 Å². The molecule has 1 aliphatic carbocycles. The molecule has 0 N–H and O–H groups in total. The van der Waals surface area contributed by atoms with Gasteiger partial charge in [0.05, 0.1) is 16.3 Å². The lowest BCUT2D eigenvalue weighted by Gasteiger charge is -2.12. The van der Waals surface area contributed by atoms with Crippen LogP contribution in [0.1, 0.15) is 31.7 Å². The van der Waals surface area contributed by atoms with Crippen molar-refractivity contribution < 1.29 is 8.42 Å². The van der Waals surface area contributed by atoms with Crippen molar-refractivity contribution in [3.63, 3.8) is 0 Å². The lowest BCUT2D eigenvalue weighted by atomic mass is 10.1. The van der Waals surface area contributed by atoms with Crippen LogP contribution in [0.4, 0.5) is 0 Å². The highest BCUT2D eigenvalue weighted by molar-refractivity contribution is 7.91. The van der Waals surface area contributed by atoms with Gasteiger partial charge in [-0.15, -0.1) is 0 Å². The first-order valence-corrected chi connectivity index (χ1v) is 11.5. The van der Waals surface area contributed by atoms with E-state index < -0.39 is 9.84 Å². The molecular weight excluding hydrogens is 372 g/mol. The molecule has 1 aromatic carbocycles. The maximum atomic E-state index is 12.6. The molecule has 0 bridgehead atoms. The fourth-order valence-electron chi connectivity index (χ4n) is 3.90. The van der Waals surface area contributed by atoms with Crippen molar-refractivity contribution in [3.05, 3.63) is 52.4 Å². The smallest absolute Gasteiger partial charge is 0.253 e. The third-order valence-electron chi connectivity index (χ3n) is 5.74. The average Bonchev–Trinajstić information content (AvgIpc) is 3.43. The van der Waals surface area contributed by atoms with Gasteiger partial charge < -0.3 is 9.13 Å². The van der Waals surface area contributed by atoms with Crippen molar-refractivity contribution >= 4 is 20.7 Å². The molecular formula is C22H26N2O3S. The van der Waals surface area contributed by atoms with Gasteiger partial charge in [0.2, 0.25) is 0 Å². The van der Waals surface area contributed by atoms with Crippen LogP contribution in [0.25, 0.3) is 22.2 Å². The zero-order valence-corrected chi connectivity index (χ0v) is 17.4. The molecule has 1 aliphatic rings. The third-order valence-corrected chi connectivity index (χ3v) is 7.52. The van der Waals surface area contributed by atoms with Crippen LogP contribution in [0.3, 0.4) is 0 Å². The summed E-state index contributed by atoms with van der Waals surface area (Å²) in [5.74, 6) is 0.850. The van der Waals surface area contributed by atoms with Crippen LogP contribution in [-0.2, 0) is 23.4 Å². The Balaban J connectivity index is 1.97. The molecule has 148 valence electrons. The average molecular weight is 399 g/mol. The van der Waals surface area contributed by atoms with Crippen molar-refractivity contribution in [1.29, 1.82) is 0 Å². The predicted molar refractivity (Wildman–Crippen MR) is 112 cm³/mol. The Bertz CT molecular complexity index is 1190. The highest BCUT2D eigenvalue weighted by atomic mass is 32.2. The monoisotopic (exact) mass is 398 g/mol. The van der Waals surface area contributed by atoms with E-state index in [2.05, 4.69) is 4.57 Å². The minimum atomic E-state index is -3.32. The van der Waals surface area contributed by atoms with Gasteiger partial charge >= 0.3 is 0 Å². The maximum absolute atomic E-state index is 12.6. The Morgan fingerprint density at radius 2 is 1.93 bits per heavy atom. The van der Waals surface area contributed by atoms with Gasteiger partial charge in [-0.3, -0.25) is 4.79 Å². The van der Waals surface area contributed by atoms with E-state index in [9.17, 15) is 13.2 Å². The van der Waals surface area contributed by atoms with E-state index in [0.717, 1.165) is 41.0 Å². The van der Waals surface area contributed by atoms with Gasteiger partial charge in [-0.2, -0.15) is 0 Å². The summed E-state index contributed by atoms with van der Waals surface area (Å²) in [6, 6.07) is 9.40. The van der Waals surface area contributed by atoms with E-state index in [4.69, 9.17) is 0 Å². The summed E-state index contributed by atoms with van der Waals surface area (Å²) in [4.78, 5) is 12.5. The SMILES string of the molecule is CCS(=O)(=O)c1cccc2c1cc(-c1cc(C)c(=O)n(C)c1)n2CCC1CC1. The van der Waals surface area contributed by atoms with Gasteiger partial charge in [0.1, 0.15) is 0 Å². The Labute approximate surface area is 165 Å². The van der Waals surface area contributed by atoms with Crippen molar-refractivity contribution in [2.75, 3.05) is 5.75 Å². The Morgan fingerprint density at radius 3 is 2.57 bits per heavy atom. The number of sulfone groups is 1. The molecule has 4 rings (SSSR count). The van der Waals surface area contributed by atoms with Crippen LogP contribution < -0.4 is 5.56 Å². The van der Waals surface area contributed by atoms with Crippen LogP contribution in [0.2, 0.25) is 0 Å². The fourth-order valence-corrected chi connectivity index (χ4v) is 5.00. The van der Waals surface area contributed by atoms with E-state index in [1.165, 1.54) is 12.8 Å². The van der Waals surface area contributed by atoms with Gasteiger partial charge in [-0.25, -0.2) is 8.42 Å². The second-order valence-electron chi connectivity index (χ2n) is 7.83.